The molecule has 4 fully saturated rings. The highest BCUT2D eigenvalue weighted by Gasteiger charge is 2.47. The molecule has 0 spiro atoms. The number of benzene rings is 3. The standard InChI is InChI=1S/C57H68N9O14P/c1-31(2)35-11-8-34(9-12-35)29-58-50(70)41(18-23-49(68)69)60-52(72)45-20-16-39-24-25-64(30-43(55(75)65(39)45)61-51(71)42-28-38-27-37(15-17-40(38)59-42)56(76)81(78,79)80)54(74)36-13-6-32(7-14-36)4-5-33-10-19-44-47(26-33)63(3)57(77)66(44)46-21-22-48(67)62-53(46)73/h8-12,15,17,19,26-28,31-32,36,39,41,43,45-46,59H,4-7,13-14,16,18,20-25,29-30H2,1-3H3,(H,58,70)(H,60,72)(H,61,71)(H,68,69)(H,62,67,73)(H2,78,79,80)/t32?,36?,39-,41+,43+,45+,46?/m1/s1. The van der Waals surface area contributed by atoms with Gasteiger partial charge in [0, 0.05) is 67.9 Å². The number of hydrogen-bond acceptors (Lipinski definition) is 11. The Balaban J connectivity index is 0.890. The second kappa shape index (κ2) is 24.1. The molecule has 1 unspecified atom stereocenters. The maximum absolute atomic E-state index is 15.1. The number of carboxylic acid groups (broad SMARTS) is 1. The Morgan fingerprint density at radius 2 is 1.56 bits per heavy atom. The number of H-pyrrole nitrogens is 1. The largest absolute Gasteiger partial charge is 0.481 e. The van der Waals surface area contributed by atoms with Crippen molar-refractivity contribution in [2.75, 3.05) is 13.1 Å². The van der Waals surface area contributed by atoms with Crippen molar-refractivity contribution in [2.45, 2.75) is 140 Å². The van der Waals surface area contributed by atoms with Gasteiger partial charge in [-0.3, -0.25) is 62.2 Å². The van der Waals surface area contributed by atoms with Crippen LogP contribution in [0.15, 0.2) is 71.5 Å². The summed E-state index contributed by atoms with van der Waals surface area (Å²) < 4.78 is 14.7. The average Bonchev–Trinajstić information content (AvgIpc) is 4.26. The highest BCUT2D eigenvalue weighted by atomic mass is 31.2. The van der Waals surface area contributed by atoms with Gasteiger partial charge in [-0.15, -0.1) is 0 Å². The van der Waals surface area contributed by atoms with Crippen LogP contribution in [0.1, 0.15) is 140 Å². The van der Waals surface area contributed by atoms with E-state index < -0.39 is 85.3 Å². The molecule has 430 valence electrons. The van der Waals surface area contributed by atoms with Crippen LogP contribution in [-0.4, -0.2) is 129 Å². The third kappa shape index (κ3) is 12.9. The minimum absolute atomic E-state index is 0.0677. The summed E-state index contributed by atoms with van der Waals surface area (Å²) in [6.07, 6.45) is 4.72. The van der Waals surface area contributed by atoms with Gasteiger partial charge in [-0.2, -0.15) is 0 Å². The number of aliphatic carboxylic acids is 1. The monoisotopic (exact) mass is 1130 g/mol. The van der Waals surface area contributed by atoms with Crippen LogP contribution in [0.25, 0.3) is 21.9 Å². The number of carbonyl (C=O) groups excluding carboxylic acids is 8. The molecule has 23 nitrogen and oxygen atoms in total. The van der Waals surface area contributed by atoms with E-state index >= 15 is 4.79 Å². The molecule has 0 radical (unpaired) electrons. The van der Waals surface area contributed by atoms with Gasteiger partial charge in [-0.1, -0.05) is 44.2 Å². The number of aromatic amines is 1. The van der Waals surface area contributed by atoms with E-state index in [1.54, 1.807) is 11.9 Å². The van der Waals surface area contributed by atoms with Crippen molar-refractivity contribution >= 4 is 82.4 Å². The number of aromatic nitrogens is 3. The number of fused-ring (bicyclic) bond motifs is 3. The Morgan fingerprint density at radius 1 is 0.827 bits per heavy atom. The first kappa shape index (κ1) is 57.9. The maximum Gasteiger partial charge on any atom is 0.396 e. The summed E-state index contributed by atoms with van der Waals surface area (Å²) in [5, 5.41) is 20.5. The number of carboxylic acids is 1. The molecule has 1 saturated carbocycles. The highest BCUT2D eigenvalue weighted by molar-refractivity contribution is 7.70. The Labute approximate surface area is 465 Å². The van der Waals surface area contributed by atoms with E-state index in [0.717, 1.165) is 36.0 Å². The lowest BCUT2D eigenvalue weighted by molar-refractivity contribution is -0.147. The summed E-state index contributed by atoms with van der Waals surface area (Å²) in [5.74, 6) is -4.74. The Morgan fingerprint density at radius 3 is 2.25 bits per heavy atom. The van der Waals surface area contributed by atoms with Crippen molar-refractivity contribution in [3.05, 3.63) is 105 Å². The lowest BCUT2D eigenvalue weighted by Gasteiger charge is -2.40. The van der Waals surface area contributed by atoms with E-state index in [1.807, 2.05) is 42.5 Å². The van der Waals surface area contributed by atoms with Crippen molar-refractivity contribution in [1.29, 1.82) is 0 Å². The number of imidazole rings is 1. The first-order chi connectivity index (χ1) is 38.5. The van der Waals surface area contributed by atoms with Crippen LogP contribution in [0.4, 0.5) is 0 Å². The lowest BCUT2D eigenvalue weighted by atomic mass is 9.79. The number of nitrogens with one attached hydrogen (secondary N) is 5. The van der Waals surface area contributed by atoms with Gasteiger partial charge in [0.1, 0.15) is 29.9 Å². The molecule has 9 rings (SSSR count). The number of amides is 7. The Bertz CT molecular complexity index is 3420. The van der Waals surface area contributed by atoms with Crippen molar-refractivity contribution in [3.8, 4) is 0 Å². The number of nitrogens with zero attached hydrogens (tertiary/aromatic N) is 4. The molecule has 1 aliphatic carbocycles. The molecule has 3 aromatic carbocycles. The zero-order chi connectivity index (χ0) is 58.0. The fourth-order valence-corrected chi connectivity index (χ4v) is 12.5. The number of aryl methyl sites for hydroxylation is 2. The molecule has 7 amide bonds. The van der Waals surface area contributed by atoms with E-state index in [0.29, 0.717) is 54.6 Å². The van der Waals surface area contributed by atoms with Crippen LogP contribution >= 0.6 is 7.60 Å². The number of rotatable bonds is 18. The Kier molecular flexibility index (Phi) is 17.3. The fraction of sp³-hybridized carbons (Fsp3) is 0.474. The van der Waals surface area contributed by atoms with Gasteiger partial charge in [0.15, 0.2) is 0 Å². The summed E-state index contributed by atoms with van der Waals surface area (Å²) in [5.41, 5.74) is 2.43. The topological polar surface area (TPSA) is 329 Å². The predicted molar refractivity (Wildman–Crippen MR) is 294 cm³/mol. The Hall–Kier alpha value is -7.75. The molecule has 3 aliphatic heterocycles. The first-order valence-corrected chi connectivity index (χ1v) is 29.2. The summed E-state index contributed by atoms with van der Waals surface area (Å²) in [6, 6.07) is 13.4. The van der Waals surface area contributed by atoms with Gasteiger partial charge in [0.2, 0.25) is 35.4 Å². The van der Waals surface area contributed by atoms with Gasteiger partial charge < -0.3 is 45.6 Å². The number of piperidine rings is 1. The highest BCUT2D eigenvalue weighted by Crippen LogP contribution is 2.40. The minimum Gasteiger partial charge on any atom is -0.481 e. The van der Waals surface area contributed by atoms with Crippen molar-refractivity contribution in [1.82, 2.24) is 45.2 Å². The lowest BCUT2D eigenvalue weighted by Crippen LogP contribution is -2.62. The van der Waals surface area contributed by atoms with Crippen molar-refractivity contribution in [2.24, 2.45) is 18.9 Å². The zero-order valence-electron chi connectivity index (χ0n) is 45.4. The maximum atomic E-state index is 15.1. The summed E-state index contributed by atoms with van der Waals surface area (Å²) in [7, 11) is -3.47. The number of hydrogen-bond donors (Lipinski definition) is 8. The zero-order valence-corrected chi connectivity index (χ0v) is 46.2. The predicted octanol–water partition coefficient (Wildman–Crippen LogP) is 4.04. The van der Waals surface area contributed by atoms with Gasteiger partial charge in [0.05, 0.1) is 11.0 Å². The average molecular weight is 1130 g/mol. The summed E-state index contributed by atoms with van der Waals surface area (Å²) in [4.78, 5) is 159. The number of imide groups is 1. The van der Waals surface area contributed by atoms with Crippen LogP contribution in [0.2, 0.25) is 0 Å². The third-order valence-corrected chi connectivity index (χ3v) is 17.4. The fourth-order valence-electron chi connectivity index (χ4n) is 12.0. The van der Waals surface area contributed by atoms with Crippen molar-refractivity contribution < 1.29 is 62.6 Å². The van der Waals surface area contributed by atoms with Crippen LogP contribution in [-0.2, 0) is 58.1 Å². The van der Waals surface area contributed by atoms with E-state index in [1.165, 1.54) is 38.3 Å². The van der Waals surface area contributed by atoms with Gasteiger partial charge in [-0.05, 0) is 136 Å². The summed E-state index contributed by atoms with van der Waals surface area (Å²) in [6.45, 7) is 4.17. The van der Waals surface area contributed by atoms with Crippen LogP contribution in [0.3, 0.4) is 0 Å². The summed E-state index contributed by atoms with van der Waals surface area (Å²) >= 11 is 0. The third-order valence-electron chi connectivity index (χ3n) is 16.6. The molecular weight excluding hydrogens is 1070 g/mol. The van der Waals surface area contributed by atoms with E-state index in [-0.39, 0.29) is 91.3 Å². The van der Waals surface area contributed by atoms with E-state index in [2.05, 4.69) is 40.1 Å². The smallest absolute Gasteiger partial charge is 0.396 e. The quantitative estimate of drug-likeness (QED) is 0.0454. The van der Waals surface area contributed by atoms with Crippen LogP contribution < -0.4 is 27.0 Å². The molecule has 5 heterocycles. The minimum atomic E-state index is -5.13. The molecule has 2 aromatic heterocycles. The molecule has 8 N–H and O–H groups in total. The molecule has 24 heteroatoms. The SMILES string of the molecule is CC(C)c1ccc(CNC(=O)[C@H](CCC(=O)O)NC(=O)[C@@H]2CC[C@@H]3CCN(C(=O)C4CCC(CCc5ccc6c(c5)n(C)c(=O)n6C5CCC(=O)NC5=O)CC4)C[C@H](NC(=O)c4cc5cc(C(=O)P(=O)(O)O)ccc5[nH]4)C(=O)N32)cc1. The second-order valence-corrected chi connectivity index (χ2v) is 23.8. The molecule has 81 heavy (non-hydrogen) atoms. The van der Waals surface area contributed by atoms with E-state index in [4.69, 9.17) is 0 Å². The van der Waals surface area contributed by atoms with Gasteiger partial charge >= 0.3 is 19.3 Å². The second-order valence-electron chi connectivity index (χ2n) is 22.3. The number of carbonyl (C=O) groups is 9. The molecule has 5 aromatic rings. The molecular formula is C57H68N9O14P. The van der Waals surface area contributed by atoms with Crippen LogP contribution in [0, 0.1) is 11.8 Å². The molecule has 3 saturated heterocycles. The molecule has 0 bridgehead atoms. The molecule has 4 aliphatic rings. The van der Waals surface area contributed by atoms with E-state index in [9.17, 15) is 62.6 Å². The first-order valence-electron chi connectivity index (χ1n) is 27.6. The van der Waals surface area contributed by atoms with Gasteiger partial charge in [0.25, 0.3) is 11.4 Å². The van der Waals surface area contributed by atoms with Crippen LogP contribution in [0.5, 0.6) is 0 Å². The normalized spacial score (nSPS) is 22.0. The van der Waals surface area contributed by atoms with Gasteiger partial charge in [-0.25, -0.2) is 4.79 Å². The molecule has 5 atom stereocenters. The van der Waals surface area contributed by atoms with Crippen molar-refractivity contribution in [3.63, 3.8) is 0 Å².